The van der Waals surface area contributed by atoms with Gasteiger partial charge in [-0.2, -0.15) is 4.39 Å². The van der Waals surface area contributed by atoms with E-state index < -0.39 is 11.6 Å². The number of carbonyl (C=O) groups is 1. The number of ketones is 1. The minimum Gasteiger partial charge on any atom is -0.482 e. The summed E-state index contributed by atoms with van der Waals surface area (Å²) < 4.78 is 32.2. The number of benzene rings is 2. The van der Waals surface area contributed by atoms with Gasteiger partial charge in [-0.05, 0) is 37.6 Å². The molecular formula is C16H13BrF2O2. The second-order valence-electron chi connectivity index (χ2n) is 4.73. The maximum Gasteiger partial charge on any atom is 0.200 e. The van der Waals surface area contributed by atoms with Crippen molar-refractivity contribution < 1.29 is 18.3 Å². The number of aryl methyl sites for hydroxylation is 2. The van der Waals surface area contributed by atoms with Crippen molar-refractivity contribution in [3.8, 4) is 5.75 Å². The van der Waals surface area contributed by atoms with E-state index in [1.165, 1.54) is 6.07 Å². The van der Waals surface area contributed by atoms with Gasteiger partial charge < -0.3 is 4.74 Å². The van der Waals surface area contributed by atoms with Crippen LogP contribution >= 0.6 is 15.9 Å². The van der Waals surface area contributed by atoms with Crippen molar-refractivity contribution in [3.05, 3.63) is 63.1 Å². The van der Waals surface area contributed by atoms with Crippen molar-refractivity contribution in [1.82, 2.24) is 0 Å². The Kier molecular flexibility index (Phi) is 4.73. The van der Waals surface area contributed by atoms with Crippen LogP contribution in [-0.2, 0) is 0 Å². The van der Waals surface area contributed by atoms with Crippen molar-refractivity contribution in [2.24, 2.45) is 0 Å². The topological polar surface area (TPSA) is 26.3 Å². The molecule has 0 heterocycles. The Bertz CT molecular complexity index is 699. The van der Waals surface area contributed by atoms with E-state index in [0.29, 0.717) is 10.0 Å². The number of hydrogen-bond donors (Lipinski definition) is 0. The van der Waals surface area contributed by atoms with Gasteiger partial charge in [-0.3, -0.25) is 4.79 Å². The fourth-order valence-electron chi connectivity index (χ4n) is 1.89. The molecule has 21 heavy (non-hydrogen) atoms. The summed E-state index contributed by atoms with van der Waals surface area (Å²) in [5.41, 5.74) is 2.28. The maximum absolute atomic E-state index is 13.5. The van der Waals surface area contributed by atoms with Crippen molar-refractivity contribution >= 4 is 21.7 Å². The van der Waals surface area contributed by atoms with Gasteiger partial charge in [0.1, 0.15) is 0 Å². The first-order chi connectivity index (χ1) is 9.88. The standard InChI is InChI=1S/C16H13BrF2O2/c1-9-3-4-10(2)12(5-9)14(20)8-21-15-7-11(17)6-13(18)16(15)19/h3-7H,8H2,1-2H3. The molecule has 0 aliphatic carbocycles. The monoisotopic (exact) mass is 354 g/mol. The summed E-state index contributed by atoms with van der Waals surface area (Å²) in [6.45, 7) is 3.34. The quantitative estimate of drug-likeness (QED) is 0.592. The summed E-state index contributed by atoms with van der Waals surface area (Å²) in [6.07, 6.45) is 0. The molecule has 0 saturated heterocycles. The summed E-state index contributed by atoms with van der Waals surface area (Å²) in [5, 5.41) is 0. The third-order valence-electron chi connectivity index (χ3n) is 3.01. The molecule has 5 heteroatoms. The van der Waals surface area contributed by atoms with E-state index in [-0.39, 0.29) is 18.1 Å². The van der Waals surface area contributed by atoms with E-state index in [4.69, 9.17) is 4.74 Å². The van der Waals surface area contributed by atoms with E-state index >= 15 is 0 Å². The molecule has 0 bridgehead atoms. The van der Waals surface area contributed by atoms with Crippen LogP contribution in [0.1, 0.15) is 21.5 Å². The highest BCUT2D eigenvalue weighted by molar-refractivity contribution is 9.10. The highest BCUT2D eigenvalue weighted by Gasteiger charge is 2.15. The molecule has 0 amide bonds. The van der Waals surface area contributed by atoms with Gasteiger partial charge >= 0.3 is 0 Å². The lowest BCUT2D eigenvalue weighted by molar-refractivity contribution is 0.0917. The molecule has 2 aromatic rings. The molecule has 0 unspecified atom stereocenters. The maximum atomic E-state index is 13.5. The van der Waals surface area contributed by atoms with Crippen molar-refractivity contribution in [1.29, 1.82) is 0 Å². The van der Waals surface area contributed by atoms with Crippen LogP contribution in [-0.4, -0.2) is 12.4 Å². The summed E-state index contributed by atoms with van der Waals surface area (Å²) in [5.74, 6) is -2.71. The molecule has 0 spiro atoms. The van der Waals surface area contributed by atoms with Crippen molar-refractivity contribution in [3.63, 3.8) is 0 Å². The molecule has 2 nitrogen and oxygen atoms in total. The van der Waals surface area contributed by atoms with Gasteiger partial charge in [-0.15, -0.1) is 0 Å². The van der Waals surface area contributed by atoms with Crippen LogP contribution < -0.4 is 4.74 Å². The summed E-state index contributed by atoms with van der Waals surface area (Å²) in [6, 6.07) is 7.76. The Morgan fingerprint density at radius 3 is 2.62 bits per heavy atom. The molecule has 0 fully saturated rings. The molecule has 0 aliphatic rings. The Morgan fingerprint density at radius 2 is 1.90 bits per heavy atom. The lowest BCUT2D eigenvalue weighted by Gasteiger charge is -2.09. The lowest BCUT2D eigenvalue weighted by Crippen LogP contribution is -2.14. The molecule has 2 aromatic carbocycles. The van der Waals surface area contributed by atoms with Gasteiger partial charge in [0.2, 0.25) is 5.82 Å². The zero-order chi connectivity index (χ0) is 15.6. The minimum absolute atomic E-state index is 0.281. The predicted octanol–water partition coefficient (Wildman–Crippen LogP) is 4.61. The van der Waals surface area contributed by atoms with Gasteiger partial charge in [0, 0.05) is 10.0 Å². The van der Waals surface area contributed by atoms with Crippen LogP contribution in [0, 0.1) is 25.5 Å². The molecule has 2 rings (SSSR count). The normalized spacial score (nSPS) is 10.5. The number of Topliss-reactive ketones (excluding diaryl/α,β-unsaturated/α-hetero) is 1. The number of ether oxygens (including phenoxy) is 1. The third kappa shape index (κ3) is 3.67. The molecule has 0 radical (unpaired) electrons. The van der Waals surface area contributed by atoms with Gasteiger partial charge in [-0.1, -0.05) is 33.6 Å². The van der Waals surface area contributed by atoms with E-state index in [9.17, 15) is 13.6 Å². The number of carbonyl (C=O) groups excluding carboxylic acids is 1. The second kappa shape index (κ2) is 6.35. The summed E-state index contributed by atoms with van der Waals surface area (Å²) in [7, 11) is 0. The van der Waals surface area contributed by atoms with Crippen LogP contribution in [0.2, 0.25) is 0 Å². The molecule has 0 aliphatic heterocycles. The van der Waals surface area contributed by atoms with Gasteiger partial charge in [-0.25, -0.2) is 4.39 Å². The molecule has 0 atom stereocenters. The van der Waals surface area contributed by atoms with Gasteiger partial charge in [0.05, 0.1) is 0 Å². The largest absolute Gasteiger partial charge is 0.482 e. The van der Waals surface area contributed by atoms with E-state index in [1.807, 2.05) is 26.0 Å². The average molecular weight is 355 g/mol. The molecule has 0 N–H and O–H groups in total. The fraction of sp³-hybridized carbons (Fsp3) is 0.188. The lowest BCUT2D eigenvalue weighted by atomic mass is 10.0. The molecular weight excluding hydrogens is 342 g/mol. The minimum atomic E-state index is -1.10. The Morgan fingerprint density at radius 1 is 1.19 bits per heavy atom. The molecule has 0 aromatic heterocycles. The first kappa shape index (κ1) is 15.6. The summed E-state index contributed by atoms with van der Waals surface area (Å²) in [4.78, 5) is 12.1. The van der Waals surface area contributed by atoms with Crippen LogP contribution in [0.15, 0.2) is 34.8 Å². The van der Waals surface area contributed by atoms with Crippen molar-refractivity contribution in [2.75, 3.05) is 6.61 Å². The average Bonchev–Trinajstić information content (AvgIpc) is 2.43. The highest BCUT2D eigenvalue weighted by Crippen LogP contribution is 2.25. The van der Waals surface area contributed by atoms with E-state index in [0.717, 1.165) is 17.2 Å². The SMILES string of the molecule is Cc1ccc(C)c(C(=O)COc2cc(Br)cc(F)c2F)c1. The molecule has 110 valence electrons. The van der Waals surface area contributed by atoms with E-state index in [1.54, 1.807) is 6.07 Å². The first-order valence-corrected chi connectivity index (χ1v) is 7.05. The van der Waals surface area contributed by atoms with E-state index in [2.05, 4.69) is 15.9 Å². The highest BCUT2D eigenvalue weighted by atomic mass is 79.9. The Hall–Kier alpha value is -1.75. The summed E-state index contributed by atoms with van der Waals surface area (Å²) >= 11 is 3.05. The van der Waals surface area contributed by atoms with Gasteiger partial charge in [0.25, 0.3) is 0 Å². The predicted molar refractivity (Wildman–Crippen MR) is 79.8 cm³/mol. The number of halogens is 3. The van der Waals surface area contributed by atoms with Crippen LogP contribution in [0.25, 0.3) is 0 Å². The van der Waals surface area contributed by atoms with Crippen LogP contribution in [0.4, 0.5) is 8.78 Å². The molecule has 0 saturated carbocycles. The number of rotatable bonds is 4. The van der Waals surface area contributed by atoms with Gasteiger partial charge in [0.15, 0.2) is 24.0 Å². The number of hydrogen-bond acceptors (Lipinski definition) is 2. The first-order valence-electron chi connectivity index (χ1n) is 6.26. The third-order valence-corrected chi connectivity index (χ3v) is 3.47. The smallest absolute Gasteiger partial charge is 0.200 e. The second-order valence-corrected chi connectivity index (χ2v) is 5.65. The Labute approximate surface area is 129 Å². The van der Waals surface area contributed by atoms with Crippen LogP contribution in [0.5, 0.6) is 5.75 Å². The van der Waals surface area contributed by atoms with Crippen molar-refractivity contribution in [2.45, 2.75) is 13.8 Å². The zero-order valence-corrected chi connectivity index (χ0v) is 13.1. The fourth-order valence-corrected chi connectivity index (χ4v) is 2.30. The zero-order valence-electron chi connectivity index (χ0n) is 11.5. The Balaban J connectivity index is 2.17. The van der Waals surface area contributed by atoms with Crippen LogP contribution in [0.3, 0.4) is 0 Å².